The van der Waals surface area contributed by atoms with E-state index in [0.717, 1.165) is 0 Å². The van der Waals surface area contributed by atoms with Crippen LogP contribution >= 0.6 is 23.2 Å². The van der Waals surface area contributed by atoms with Crippen LogP contribution in [0, 0.1) is 0 Å². The third-order valence-corrected chi connectivity index (χ3v) is 1.78. The topological polar surface area (TPSA) is 74.5 Å². The Kier molecular flexibility index (Phi) is 3.10. The summed E-state index contributed by atoms with van der Waals surface area (Å²) in [5, 5.41) is 3.72. The van der Waals surface area contributed by atoms with Gasteiger partial charge in [0.1, 0.15) is 16.6 Å². The molecule has 0 radical (unpaired) electrons. The molecular weight excluding hydrogens is 201 g/mol. The van der Waals surface area contributed by atoms with Crippen LogP contribution in [0.3, 0.4) is 0 Å². The molecule has 0 aliphatic rings. The van der Waals surface area contributed by atoms with Crippen molar-refractivity contribution in [2.24, 2.45) is 5.11 Å². The molecule has 0 atom stereocenters. The van der Waals surface area contributed by atoms with Crippen molar-refractivity contribution in [1.29, 1.82) is 0 Å². The second-order valence-corrected chi connectivity index (χ2v) is 2.54. The summed E-state index contributed by atoms with van der Waals surface area (Å²) in [6.45, 7) is 0.0645. The van der Waals surface area contributed by atoms with Crippen LogP contribution in [0.4, 0.5) is 0 Å². The molecule has 12 heavy (non-hydrogen) atoms. The highest BCUT2D eigenvalue weighted by molar-refractivity contribution is 6.34. The molecule has 1 aromatic heterocycles. The highest BCUT2D eigenvalue weighted by Crippen LogP contribution is 2.20. The molecule has 0 unspecified atom stereocenters. The first-order valence-corrected chi connectivity index (χ1v) is 3.67. The molecule has 1 aromatic rings. The van der Waals surface area contributed by atoms with E-state index >= 15 is 0 Å². The predicted octanol–water partition coefficient (Wildman–Crippen LogP) is 2.59. The van der Waals surface area contributed by atoms with Crippen molar-refractivity contribution in [3.8, 4) is 0 Å². The molecule has 1 rings (SSSR count). The zero-order chi connectivity index (χ0) is 8.97. The van der Waals surface area contributed by atoms with E-state index in [-0.39, 0.29) is 16.9 Å². The van der Waals surface area contributed by atoms with Gasteiger partial charge in [-0.3, -0.25) is 0 Å². The van der Waals surface area contributed by atoms with E-state index in [4.69, 9.17) is 28.7 Å². The normalized spacial score (nSPS) is 9.17. The highest BCUT2D eigenvalue weighted by atomic mass is 35.5. The van der Waals surface area contributed by atoms with Crippen LogP contribution < -0.4 is 0 Å². The van der Waals surface area contributed by atoms with Crippen LogP contribution in [0.5, 0.6) is 0 Å². The Morgan fingerprint density at radius 2 is 2.00 bits per heavy atom. The molecule has 0 bridgehead atoms. The van der Waals surface area contributed by atoms with Gasteiger partial charge in [0, 0.05) is 10.5 Å². The number of nitrogens with zero attached hydrogens (tertiary/aromatic N) is 5. The first-order valence-electron chi connectivity index (χ1n) is 2.91. The largest absolute Gasteiger partial charge is 0.224 e. The summed E-state index contributed by atoms with van der Waals surface area (Å²) in [6, 6.07) is 0. The van der Waals surface area contributed by atoms with E-state index in [9.17, 15) is 0 Å². The van der Waals surface area contributed by atoms with E-state index in [1.54, 1.807) is 0 Å². The first kappa shape index (κ1) is 9.06. The van der Waals surface area contributed by atoms with Crippen molar-refractivity contribution < 1.29 is 0 Å². The third kappa shape index (κ3) is 1.98. The van der Waals surface area contributed by atoms with Gasteiger partial charge in [-0.25, -0.2) is 9.97 Å². The number of hydrogen-bond donors (Lipinski definition) is 0. The Labute approximate surface area is 78.0 Å². The summed E-state index contributed by atoms with van der Waals surface area (Å²) < 4.78 is 0. The second-order valence-electron chi connectivity index (χ2n) is 1.82. The van der Waals surface area contributed by atoms with Crippen molar-refractivity contribution in [2.45, 2.75) is 6.54 Å². The molecule has 0 aliphatic carbocycles. The Hall–Kier alpha value is -1.03. The summed E-state index contributed by atoms with van der Waals surface area (Å²) in [5.74, 6) is 0. The van der Waals surface area contributed by atoms with Crippen LogP contribution in [-0.2, 0) is 6.54 Å². The Balaban J connectivity index is 3.03. The number of rotatable bonds is 2. The number of azide groups is 1. The van der Waals surface area contributed by atoms with Crippen LogP contribution in [0.2, 0.25) is 10.3 Å². The molecule has 0 aliphatic heterocycles. The number of hydrogen-bond acceptors (Lipinski definition) is 3. The maximum absolute atomic E-state index is 8.04. The van der Waals surface area contributed by atoms with Crippen molar-refractivity contribution in [3.63, 3.8) is 0 Å². The summed E-state index contributed by atoms with van der Waals surface area (Å²) >= 11 is 11.3. The van der Waals surface area contributed by atoms with Gasteiger partial charge in [-0.2, -0.15) is 0 Å². The van der Waals surface area contributed by atoms with E-state index < -0.39 is 0 Å². The van der Waals surface area contributed by atoms with E-state index in [1.165, 1.54) is 6.33 Å². The van der Waals surface area contributed by atoms with Crippen molar-refractivity contribution in [3.05, 3.63) is 32.6 Å². The standard InChI is InChI=1S/C5H3Cl2N5/c6-4-3(1-11-12-8)5(7)10-2-9-4/h2H,1H2. The SMILES string of the molecule is [N-]=[N+]=NCc1c(Cl)ncnc1Cl. The van der Waals surface area contributed by atoms with Crippen LogP contribution in [0.15, 0.2) is 11.4 Å². The Morgan fingerprint density at radius 3 is 2.50 bits per heavy atom. The molecule has 0 N–H and O–H groups in total. The number of halogens is 2. The zero-order valence-corrected chi connectivity index (χ0v) is 7.29. The molecule has 0 amide bonds. The Bertz CT molecular complexity index is 312. The predicted molar refractivity (Wildman–Crippen MR) is 44.9 cm³/mol. The van der Waals surface area contributed by atoms with Crippen molar-refractivity contribution in [2.75, 3.05) is 0 Å². The molecule has 1 heterocycles. The summed E-state index contributed by atoms with van der Waals surface area (Å²) in [4.78, 5) is 9.92. The van der Waals surface area contributed by atoms with Gasteiger partial charge in [0.05, 0.1) is 6.54 Å². The minimum Gasteiger partial charge on any atom is -0.224 e. The minimum atomic E-state index is 0.0645. The maximum Gasteiger partial charge on any atom is 0.137 e. The second kappa shape index (κ2) is 4.11. The van der Waals surface area contributed by atoms with Gasteiger partial charge in [-0.05, 0) is 5.53 Å². The average Bonchev–Trinajstić information content (AvgIpc) is 2.04. The average molecular weight is 204 g/mol. The lowest BCUT2D eigenvalue weighted by atomic mass is 10.3. The molecule has 7 heteroatoms. The first-order chi connectivity index (χ1) is 5.75. The Morgan fingerprint density at radius 1 is 1.42 bits per heavy atom. The molecule has 5 nitrogen and oxygen atoms in total. The van der Waals surface area contributed by atoms with Crippen LogP contribution in [0.25, 0.3) is 10.4 Å². The van der Waals surface area contributed by atoms with Crippen LogP contribution in [-0.4, -0.2) is 9.97 Å². The molecule has 0 aromatic carbocycles. The smallest absolute Gasteiger partial charge is 0.137 e. The molecule has 62 valence electrons. The zero-order valence-electron chi connectivity index (χ0n) is 5.78. The quantitative estimate of drug-likeness (QED) is 0.321. The molecule has 0 saturated carbocycles. The van der Waals surface area contributed by atoms with Gasteiger partial charge in [-0.15, -0.1) is 0 Å². The maximum atomic E-state index is 8.04. The summed E-state index contributed by atoms with van der Waals surface area (Å²) in [6.07, 6.45) is 1.24. The molecular formula is C5H3Cl2N5. The van der Waals surface area contributed by atoms with Gasteiger partial charge < -0.3 is 0 Å². The van der Waals surface area contributed by atoms with E-state index in [1.807, 2.05) is 0 Å². The summed E-state index contributed by atoms with van der Waals surface area (Å²) in [5.41, 5.74) is 8.48. The molecule has 0 saturated heterocycles. The van der Waals surface area contributed by atoms with Crippen LogP contribution in [0.1, 0.15) is 5.56 Å². The summed E-state index contributed by atoms with van der Waals surface area (Å²) in [7, 11) is 0. The monoisotopic (exact) mass is 203 g/mol. The van der Waals surface area contributed by atoms with Gasteiger partial charge in [-0.1, -0.05) is 28.3 Å². The van der Waals surface area contributed by atoms with E-state index in [2.05, 4.69) is 20.0 Å². The molecule has 0 fully saturated rings. The fraction of sp³-hybridized carbons (Fsp3) is 0.200. The lowest BCUT2D eigenvalue weighted by Gasteiger charge is -1.99. The lowest BCUT2D eigenvalue weighted by molar-refractivity contribution is 0.995. The molecule has 0 spiro atoms. The van der Waals surface area contributed by atoms with Gasteiger partial charge in [0.25, 0.3) is 0 Å². The highest BCUT2D eigenvalue weighted by Gasteiger charge is 2.05. The van der Waals surface area contributed by atoms with Crippen molar-refractivity contribution in [1.82, 2.24) is 9.97 Å². The van der Waals surface area contributed by atoms with E-state index in [0.29, 0.717) is 5.56 Å². The lowest BCUT2D eigenvalue weighted by Crippen LogP contribution is -1.90. The van der Waals surface area contributed by atoms with Gasteiger partial charge >= 0.3 is 0 Å². The van der Waals surface area contributed by atoms with Crippen molar-refractivity contribution >= 4 is 23.2 Å². The third-order valence-electron chi connectivity index (χ3n) is 1.13. The van der Waals surface area contributed by atoms with Gasteiger partial charge in [0.15, 0.2) is 0 Å². The number of aromatic nitrogens is 2. The fourth-order valence-electron chi connectivity index (χ4n) is 0.604. The fourth-order valence-corrected chi connectivity index (χ4v) is 1.04. The minimum absolute atomic E-state index is 0.0645. The van der Waals surface area contributed by atoms with Gasteiger partial charge in [0.2, 0.25) is 0 Å².